The van der Waals surface area contributed by atoms with Gasteiger partial charge in [-0.25, -0.2) is 0 Å². The maximum Gasteiger partial charge on any atom is 0.573 e. The van der Waals surface area contributed by atoms with Crippen molar-refractivity contribution in [3.8, 4) is 5.75 Å². The molecule has 90 valence electrons. The van der Waals surface area contributed by atoms with Gasteiger partial charge in [-0.15, -0.1) is 13.2 Å². The normalized spacial score (nSPS) is 12.7. The predicted molar refractivity (Wildman–Crippen MR) is 45.8 cm³/mol. The van der Waals surface area contributed by atoms with E-state index in [2.05, 4.69) is 20.7 Å². The molecule has 0 saturated carbocycles. The average molecular weight is 309 g/mol. The quantitative estimate of drug-likeness (QED) is 0.700. The largest absolute Gasteiger partial charge is 0.573 e. The lowest BCUT2D eigenvalue weighted by Gasteiger charge is -2.16. The minimum atomic E-state index is -5.18. The number of alkyl halides is 6. The van der Waals surface area contributed by atoms with Crippen LogP contribution in [0.2, 0.25) is 0 Å². The number of para-hydroxylation sites is 1. The Bertz CT molecular complexity index is 383. The first-order chi connectivity index (χ1) is 7.11. The lowest BCUT2D eigenvalue weighted by atomic mass is 10.2. The highest BCUT2D eigenvalue weighted by Crippen LogP contribution is 2.42. The summed E-state index contributed by atoms with van der Waals surface area (Å²) in [6, 6.07) is 2.50. The van der Waals surface area contributed by atoms with Gasteiger partial charge in [0.15, 0.2) is 5.75 Å². The molecule has 0 bridgehead atoms. The number of hydrogen-bond acceptors (Lipinski definition) is 1. The Morgan fingerprint density at radius 3 is 2.00 bits per heavy atom. The molecule has 0 saturated heterocycles. The Morgan fingerprint density at radius 2 is 1.56 bits per heavy atom. The van der Waals surface area contributed by atoms with E-state index in [4.69, 9.17) is 0 Å². The van der Waals surface area contributed by atoms with Gasteiger partial charge in [0, 0.05) is 0 Å². The van der Waals surface area contributed by atoms with Crippen molar-refractivity contribution in [1.29, 1.82) is 0 Å². The standard InChI is InChI=1S/C8H3BrF6O/c9-5-3-1-2-4(7(10,11)12)6(5)16-8(13,14)15/h1-3H. The molecule has 0 radical (unpaired) electrons. The Balaban J connectivity index is 3.25. The molecule has 16 heavy (non-hydrogen) atoms. The minimum Gasteiger partial charge on any atom is -0.404 e. The van der Waals surface area contributed by atoms with Crippen molar-refractivity contribution in [2.75, 3.05) is 0 Å². The van der Waals surface area contributed by atoms with Crippen LogP contribution in [0.15, 0.2) is 22.7 Å². The fraction of sp³-hybridized carbons (Fsp3) is 0.250. The summed E-state index contributed by atoms with van der Waals surface area (Å²) >= 11 is 2.57. The van der Waals surface area contributed by atoms with E-state index in [1.807, 2.05) is 0 Å². The molecule has 0 spiro atoms. The number of benzene rings is 1. The second-order valence-corrected chi connectivity index (χ2v) is 3.52. The van der Waals surface area contributed by atoms with Crippen LogP contribution in [0.1, 0.15) is 5.56 Å². The molecule has 1 aromatic rings. The molecule has 0 aliphatic heterocycles. The monoisotopic (exact) mass is 308 g/mol. The van der Waals surface area contributed by atoms with Crippen molar-refractivity contribution >= 4 is 15.9 Å². The second kappa shape index (κ2) is 4.15. The van der Waals surface area contributed by atoms with Gasteiger partial charge in [0.1, 0.15) is 0 Å². The molecule has 8 heteroatoms. The van der Waals surface area contributed by atoms with Crippen LogP contribution < -0.4 is 4.74 Å². The molecule has 1 nitrogen and oxygen atoms in total. The van der Waals surface area contributed by atoms with Crippen LogP contribution in [0, 0.1) is 0 Å². The van der Waals surface area contributed by atoms with Crippen LogP contribution in [0.3, 0.4) is 0 Å². The van der Waals surface area contributed by atoms with Gasteiger partial charge in [0.25, 0.3) is 0 Å². The molecule has 0 amide bonds. The van der Waals surface area contributed by atoms with Crippen LogP contribution in [0.4, 0.5) is 26.3 Å². The van der Waals surface area contributed by atoms with Crippen molar-refractivity contribution in [3.05, 3.63) is 28.2 Å². The molecule has 0 heterocycles. The Kier molecular flexibility index (Phi) is 3.41. The predicted octanol–water partition coefficient (Wildman–Crippen LogP) is 4.37. The highest BCUT2D eigenvalue weighted by molar-refractivity contribution is 9.10. The summed E-state index contributed by atoms with van der Waals surface area (Å²) < 4.78 is 75.5. The van der Waals surface area contributed by atoms with E-state index < -0.39 is 28.3 Å². The molecule has 0 atom stereocenters. The fourth-order valence-electron chi connectivity index (χ4n) is 0.952. The highest BCUT2D eigenvalue weighted by Gasteiger charge is 2.40. The summed E-state index contributed by atoms with van der Waals surface area (Å²) in [6.45, 7) is 0. The summed E-state index contributed by atoms with van der Waals surface area (Å²) in [5.74, 6) is -1.29. The lowest BCUT2D eigenvalue weighted by molar-refractivity contribution is -0.276. The van der Waals surface area contributed by atoms with Crippen LogP contribution in [0.5, 0.6) is 5.75 Å². The zero-order valence-corrected chi connectivity index (χ0v) is 8.87. The Labute approximate surface area is 94.1 Å². The van der Waals surface area contributed by atoms with Crippen LogP contribution in [-0.2, 0) is 6.18 Å². The molecule has 1 aromatic carbocycles. The van der Waals surface area contributed by atoms with Gasteiger partial charge in [-0.3, -0.25) is 0 Å². The number of halogens is 7. The molecular formula is C8H3BrF6O. The molecule has 0 unspecified atom stereocenters. The van der Waals surface area contributed by atoms with Gasteiger partial charge in [-0.2, -0.15) is 13.2 Å². The first kappa shape index (κ1) is 13.1. The van der Waals surface area contributed by atoms with Crippen molar-refractivity contribution < 1.29 is 31.1 Å². The summed E-state index contributed by atoms with van der Waals surface area (Å²) in [7, 11) is 0. The molecule has 0 fully saturated rings. The van der Waals surface area contributed by atoms with Crippen LogP contribution in [0.25, 0.3) is 0 Å². The van der Waals surface area contributed by atoms with Gasteiger partial charge >= 0.3 is 12.5 Å². The minimum absolute atomic E-state index is 0.417. The zero-order chi connectivity index (χ0) is 12.6. The maximum absolute atomic E-state index is 12.3. The Morgan fingerprint density at radius 1 is 1.00 bits per heavy atom. The summed E-state index contributed by atoms with van der Waals surface area (Å²) in [6.07, 6.45) is -10.1. The first-order valence-corrected chi connectivity index (χ1v) is 4.52. The van der Waals surface area contributed by atoms with Crippen molar-refractivity contribution in [3.63, 3.8) is 0 Å². The topological polar surface area (TPSA) is 9.23 Å². The number of hydrogen-bond donors (Lipinski definition) is 0. The summed E-state index contributed by atoms with van der Waals surface area (Å²) in [5, 5.41) is 0. The third-order valence-electron chi connectivity index (χ3n) is 1.49. The van der Waals surface area contributed by atoms with Gasteiger partial charge < -0.3 is 4.74 Å². The molecule has 0 aliphatic rings. The molecule has 0 aliphatic carbocycles. The van der Waals surface area contributed by atoms with E-state index in [0.29, 0.717) is 6.07 Å². The van der Waals surface area contributed by atoms with Gasteiger partial charge in [-0.05, 0) is 28.1 Å². The third kappa shape index (κ3) is 3.29. The molecule has 1 rings (SSSR count). The van der Waals surface area contributed by atoms with Crippen molar-refractivity contribution in [2.45, 2.75) is 12.5 Å². The van der Waals surface area contributed by atoms with E-state index in [0.717, 1.165) is 12.1 Å². The highest BCUT2D eigenvalue weighted by atomic mass is 79.9. The average Bonchev–Trinajstić information content (AvgIpc) is 2.04. The van der Waals surface area contributed by atoms with Gasteiger partial charge in [-0.1, -0.05) is 6.07 Å². The Hall–Kier alpha value is -0.920. The van der Waals surface area contributed by atoms with E-state index in [-0.39, 0.29) is 0 Å². The van der Waals surface area contributed by atoms with E-state index in [9.17, 15) is 26.3 Å². The van der Waals surface area contributed by atoms with Crippen LogP contribution in [-0.4, -0.2) is 6.36 Å². The van der Waals surface area contributed by atoms with E-state index in [1.165, 1.54) is 0 Å². The second-order valence-electron chi connectivity index (χ2n) is 2.66. The van der Waals surface area contributed by atoms with Gasteiger partial charge in [0.05, 0.1) is 10.0 Å². The molecule has 0 aromatic heterocycles. The smallest absolute Gasteiger partial charge is 0.404 e. The van der Waals surface area contributed by atoms with Crippen LogP contribution >= 0.6 is 15.9 Å². The number of rotatable bonds is 1. The summed E-state index contributed by atoms with van der Waals surface area (Å²) in [5.41, 5.74) is -1.49. The molecular weight excluding hydrogens is 306 g/mol. The lowest BCUT2D eigenvalue weighted by Crippen LogP contribution is -2.20. The van der Waals surface area contributed by atoms with E-state index >= 15 is 0 Å². The van der Waals surface area contributed by atoms with Crippen molar-refractivity contribution in [1.82, 2.24) is 0 Å². The SMILES string of the molecule is FC(F)(F)Oc1c(Br)cccc1C(F)(F)F. The first-order valence-electron chi connectivity index (χ1n) is 3.73. The zero-order valence-electron chi connectivity index (χ0n) is 7.29. The summed E-state index contributed by atoms with van der Waals surface area (Å²) in [4.78, 5) is 0. The van der Waals surface area contributed by atoms with Crippen molar-refractivity contribution in [2.24, 2.45) is 0 Å². The number of ether oxygens (including phenoxy) is 1. The van der Waals surface area contributed by atoms with E-state index in [1.54, 1.807) is 0 Å². The maximum atomic E-state index is 12.3. The molecule has 0 N–H and O–H groups in total. The third-order valence-corrected chi connectivity index (χ3v) is 2.11. The fourth-order valence-corrected chi connectivity index (χ4v) is 1.40. The van der Waals surface area contributed by atoms with Gasteiger partial charge in [0.2, 0.25) is 0 Å².